The third-order valence-electron chi connectivity index (χ3n) is 3.74. The highest BCUT2D eigenvalue weighted by Crippen LogP contribution is 2.45. The molecule has 3 N–H and O–H groups in total. The standard InChI is InChI=1S/C18H20N2O3/c1-10(2)5-4-6-12-7-8-13-14(9-12)18(23)16(20-19)15(11(3)21)17(13)22/h5,7-9,19,22-23H,4,6H2,1-3H3. The number of aryl methyl sites for hydroxylation is 1. The van der Waals surface area contributed by atoms with E-state index in [1.165, 1.54) is 12.5 Å². The van der Waals surface area contributed by atoms with Crippen LogP contribution in [0.5, 0.6) is 11.5 Å². The molecule has 0 bridgehead atoms. The van der Waals surface area contributed by atoms with Gasteiger partial charge in [-0.15, -0.1) is 0 Å². The zero-order valence-corrected chi connectivity index (χ0v) is 13.5. The summed E-state index contributed by atoms with van der Waals surface area (Å²) in [6, 6.07) is 5.31. The smallest absolute Gasteiger partial charge is 0.165 e. The molecule has 2 rings (SSSR count). The van der Waals surface area contributed by atoms with Crippen molar-refractivity contribution in [3.63, 3.8) is 0 Å². The molecule has 0 saturated carbocycles. The summed E-state index contributed by atoms with van der Waals surface area (Å²) in [5.41, 5.74) is 9.12. The maximum absolute atomic E-state index is 11.7. The number of phenolic OH excluding ortho intramolecular Hbond substituents is 2. The fourth-order valence-electron chi connectivity index (χ4n) is 2.61. The van der Waals surface area contributed by atoms with Gasteiger partial charge in [-0.25, -0.2) is 5.53 Å². The van der Waals surface area contributed by atoms with Gasteiger partial charge in [0, 0.05) is 10.8 Å². The molecule has 0 aliphatic heterocycles. The number of rotatable bonds is 5. The van der Waals surface area contributed by atoms with Crippen LogP contribution in [0.3, 0.4) is 0 Å². The predicted molar refractivity (Wildman–Crippen MR) is 89.8 cm³/mol. The van der Waals surface area contributed by atoms with E-state index in [0.717, 1.165) is 18.4 Å². The van der Waals surface area contributed by atoms with Gasteiger partial charge in [-0.05, 0) is 45.2 Å². The van der Waals surface area contributed by atoms with Crippen LogP contribution in [0.4, 0.5) is 5.69 Å². The molecule has 0 fully saturated rings. The van der Waals surface area contributed by atoms with Crippen LogP contribution >= 0.6 is 0 Å². The maximum atomic E-state index is 11.7. The number of fused-ring (bicyclic) bond motifs is 1. The Bertz CT molecular complexity index is 819. The highest BCUT2D eigenvalue weighted by atomic mass is 16.3. The highest BCUT2D eigenvalue weighted by molar-refractivity contribution is 6.11. The van der Waals surface area contributed by atoms with E-state index in [4.69, 9.17) is 5.53 Å². The number of hydrogen-bond donors (Lipinski definition) is 3. The Kier molecular flexibility index (Phi) is 4.79. The zero-order chi connectivity index (χ0) is 17.1. The Morgan fingerprint density at radius 2 is 1.87 bits per heavy atom. The molecule has 2 aromatic rings. The average Bonchev–Trinajstić information content (AvgIpc) is 2.49. The first kappa shape index (κ1) is 16.7. The van der Waals surface area contributed by atoms with Crippen molar-refractivity contribution in [1.29, 1.82) is 5.53 Å². The first-order valence-electron chi connectivity index (χ1n) is 7.39. The Hall–Kier alpha value is -2.69. The number of allylic oxidation sites excluding steroid dienone is 2. The number of carbonyl (C=O) groups excluding carboxylic acids is 1. The summed E-state index contributed by atoms with van der Waals surface area (Å²) in [6.07, 6.45) is 3.80. The maximum Gasteiger partial charge on any atom is 0.165 e. The van der Waals surface area contributed by atoms with Gasteiger partial charge in [-0.1, -0.05) is 23.8 Å². The van der Waals surface area contributed by atoms with E-state index in [-0.39, 0.29) is 22.7 Å². The van der Waals surface area contributed by atoms with Gasteiger partial charge in [0.15, 0.2) is 11.5 Å². The number of nitrogens with one attached hydrogen (secondary N) is 1. The van der Waals surface area contributed by atoms with Gasteiger partial charge < -0.3 is 10.2 Å². The van der Waals surface area contributed by atoms with Crippen molar-refractivity contribution < 1.29 is 15.0 Å². The van der Waals surface area contributed by atoms with Gasteiger partial charge in [-0.3, -0.25) is 4.79 Å². The van der Waals surface area contributed by atoms with E-state index in [0.29, 0.717) is 10.8 Å². The minimum absolute atomic E-state index is 0.123. The molecule has 0 aliphatic rings. The highest BCUT2D eigenvalue weighted by Gasteiger charge is 2.21. The van der Waals surface area contributed by atoms with Gasteiger partial charge in [0.1, 0.15) is 11.4 Å². The Morgan fingerprint density at radius 3 is 2.43 bits per heavy atom. The van der Waals surface area contributed by atoms with Crippen LogP contribution in [0, 0.1) is 5.53 Å². The number of aromatic hydroxyl groups is 2. The first-order valence-corrected chi connectivity index (χ1v) is 7.39. The molecular formula is C18H20N2O3. The van der Waals surface area contributed by atoms with Gasteiger partial charge in [0.05, 0.1) is 5.56 Å². The molecule has 0 heterocycles. The molecule has 0 radical (unpaired) electrons. The first-order chi connectivity index (χ1) is 10.9. The number of Topliss-reactive ketones (excluding diaryl/α,β-unsaturated/α-hetero) is 1. The van der Waals surface area contributed by atoms with Crippen molar-refractivity contribution >= 4 is 22.2 Å². The molecule has 0 unspecified atom stereocenters. The lowest BCUT2D eigenvalue weighted by Gasteiger charge is -2.12. The molecule has 0 saturated heterocycles. The summed E-state index contributed by atoms with van der Waals surface area (Å²) < 4.78 is 0. The summed E-state index contributed by atoms with van der Waals surface area (Å²) in [5.74, 6) is -0.937. The molecule has 23 heavy (non-hydrogen) atoms. The Balaban J connectivity index is 2.61. The van der Waals surface area contributed by atoms with Crippen LogP contribution in [0.25, 0.3) is 10.8 Å². The monoisotopic (exact) mass is 312 g/mol. The SMILES string of the molecule is CC(=O)c1c(N=N)c(O)c2cc(CCC=C(C)C)ccc2c1O. The van der Waals surface area contributed by atoms with Crippen LogP contribution in [0.2, 0.25) is 0 Å². The molecule has 0 aliphatic carbocycles. The lowest BCUT2D eigenvalue weighted by Crippen LogP contribution is -1.96. The van der Waals surface area contributed by atoms with Crippen LogP contribution in [-0.2, 0) is 6.42 Å². The fraction of sp³-hybridized carbons (Fsp3) is 0.278. The van der Waals surface area contributed by atoms with E-state index in [1.807, 2.05) is 19.9 Å². The van der Waals surface area contributed by atoms with Crippen LogP contribution in [0.1, 0.15) is 43.1 Å². The quantitative estimate of drug-likeness (QED) is 0.313. The second kappa shape index (κ2) is 6.60. The molecule has 0 atom stereocenters. The topological polar surface area (TPSA) is 93.7 Å². The third kappa shape index (κ3) is 3.23. The lowest BCUT2D eigenvalue weighted by molar-refractivity contribution is 0.101. The largest absolute Gasteiger partial charge is 0.506 e. The van der Waals surface area contributed by atoms with E-state index >= 15 is 0 Å². The number of ketones is 1. The fourth-order valence-corrected chi connectivity index (χ4v) is 2.61. The number of carbonyl (C=O) groups is 1. The number of benzene rings is 2. The van der Waals surface area contributed by atoms with Gasteiger partial charge >= 0.3 is 0 Å². The van der Waals surface area contributed by atoms with Gasteiger partial charge in [0.25, 0.3) is 0 Å². The van der Waals surface area contributed by atoms with Crippen molar-refractivity contribution in [1.82, 2.24) is 0 Å². The third-order valence-corrected chi connectivity index (χ3v) is 3.74. The minimum Gasteiger partial charge on any atom is -0.506 e. The summed E-state index contributed by atoms with van der Waals surface area (Å²) in [4.78, 5) is 11.7. The number of hydrogen-bond acceptors (Lipinski definition) is 5. The van der Waals surface area contributed by atoms with Gasteiger partial charge in [-0.2, -0.15) is 5.11 Å². The normalized spacial score (nSPS) is 10.6. The van der Waals surface area contributed by atoms with Crippen LogP contribution in [-0.4, -0.2) is 16.0 Å². The van der Waals surface area contributed by atoms with Crippen LogP contribution in [0.15, 0.2) is 35.0 Å². The summed E-state index contributed by atoms with van der Waals surface area (Å²) in [6.45, 7) is 5.34. The van der Waals surface area contributed by atoms with Crippen molar-refractivity contribution in [2.24, 2.45) is 5.11 Å². The molecule has 0 spiro atoms. The van der Waals surface area contributed by atoms with E-state index in [2.05, 4.69) is 11.2 Å². The van der Waals surface area contributed by atoms with Crippen LogP contribution < -0.4 is 0 Å². The molecule has 2 aromatic carbocycles. The summed E-state index contributed by atoms with van der Waals surface area (Å²) in [7, 11) is 0. The van der Waals surface area contributed by atoms with E-state index in [1.54, 1.807) is 12.1 Å². The molecular weight excluding hydrogens is 292 g/mol. The second-order valence-corrected chi connectivity index (χ2v) is 5.79. The second-order valence-electron chi connectivity index (χ2n) is 5.79. The van der Waals surface area contributed by atoms with E-state index in [9.17, 15) is 15.0 Å². The molecule has 0 aromatic heterocycles. The van der Waals surface area contributed by atoms with Gasteiger partial charge in [0.2, 0.25) is 0 Å². The predicted octanol–water partition coefficient (Wildman–Crippen LogP) is 5.01. The minimum atomic E-state index is -0.446. The number of nitrogens with zero attached hydrogens (tertiary/aromatic N) is 1. The summed E-state index contributed by atoms with van der Waals surface area (Å²) in [5, 5.41) is 24.7. The van der Waals surface area contributed by atoms with Crippen molar-refractivity contribution in [2.45, 2.75) is 33.6 Å². The average molecular weight is 312 g/mol. The Morgan fingerprint density at radius 1 is 1.17 bits per heavy atom. The lowest BCUT2D eigenvalue weighted by atomic mass is 9.97. The van der Waals surface area contributed by atoms with Crippen molar-refractivity contribution in [2.75, 3.05) is 0 Å². The Labute approximate surface area is 134 Å². The molecule has 5 heteroatoms. The summed E-state index contributed by atoms with van der Waals surface area (Å²) >= 11 is 0. The molecule has 5 nitrogen and oxygen atoms in total. The van der Waals surface area contributed by atoms with Crippen molar-refractivity contribution in [3.8, 4) is 11.5 Å². The molecule has 0 amide bonds. The molecule has 120 valence electrons. The zero-order valence-electron chi connectivity index (χ0n) is 13.5. The van der Waals surface area contributed by atoms with Crippen molar-refractivity contribution in [3.05, 3.63) is 41.0 Å². The number of phenols is 2. The van der Waals surface area contributed by atoms with E-state index < -0.39 is 5.78 Å².